The molecule has 1 aromatic carbocycles. The number of rotatable bonds is 3. The minimum atomic E-state index is -0.197. The molecule has 4 N–H and O–H groups in total. The van der Waals surface area contributed by atoms with E-state index in [0.29, 0.717) is 24.6 Å². The molecule has 2 aromatic rings. The van der Waals surface area contributed by atoms with Gasteiger partial charge in [0.15, 0.2) is 0 Å². The van der Waals surface area contributed by atoms with Gasteiger partial charge in [-0.15, -0.1) is 0 Å². The van der Waals surface area contributed by atoms with Crippen LogP contribution in [0.2, 0.25) is 0 Å². The smallest absolute Gasteiger partial charge is 0.221 e. The van der Waals surface area contributed by atoms with Crippen LogP contribution in [0.4, 0.5) is 11.5 Å². The molecule has 0 saturated carbocycles. The van der Waals surface area contributed by atoms with Crippen LogP contribution in [0, 0.1) is 18.3 Å². The zero-order valence-electron chi connectivity index (χ0n) is 12.2. The highest BCUT2D eigenvalue weighted by molar-refractivity contribution is 5.71. The zero-order chi connectivity index (χ0) is 15.7. The molecule has 0 spiro atoms. The Hall–Kier alpha value is -2.94. The fraction of sp³-hybridized carbons (Fsp3) is 0.250. The summed E-state index contributed by atoms with van der Waals surface area (Å²) in [4.78, 5) is 4.11. The van der Waals surface area contributed by atoms with E-state index in [2.05, 4.69) is 4.98 Å². The van der Waals surface area contributed by atoms with Crippen LogP contribution < -0.4 is 20.9 Å². The maximum atomic E-state index is 9.06. The fourth-order valence-electron chi connectivity index (χ4n) is 2.47. The largest absolute Gasteiger partial charge is 0.489 e. The van der Waals surface area contributed by atoms with Crippen LogP contribution in [0.1, 0.15) is 16.7 Å². The van der Waals surface area contributed by atoms with E-state index in [1.54, 1.807) is 0 Å². The van der Waals surface area contributed by atoms with Crippen LogP contribution >= 0.6 is 0 Å². The average Bonchev–Trinajstić information content (AvgIpc) is 2.90. The summed E-state index contributed by atoms with van der Waals surface area (Å²) in [6, 6.07) is 9.75. The van der Waals surface area contributed by atoms with E-state index < -0.39 is 0 Å². The van der Waals surface area contributed by atoms with E-state index in [4.69, 9.17) is 26.2 Å². The lowest BCUT2D eigenvalue weighted by Gasteiger charge is -2.13. The van der Waals surface area contributed by atoms with Crippen molar-refractivity contribution in [2.45, 2.75) is 19.4 Å². The Labute approximate surface area is 128 Å². The second-order valence-electron chi connectivity index (χ2n) is 5.20. The van der Waals surface area contributed by atoms with E-state index in [9.17, 15) is 0 Å². The molecule has 1 aliphatic heterocycles. The van der Waals surface area contributed by atoms with Crippen LogP contribution in [0.3, 0.4) is 0 Å². The highest BCUT2D eigenvalue weighted by atomic mass is 16.5. The third kappa shape index (κ3) is 2.37. The predicted octanol–water partition coefficient (Wildman–Crippen LogP) is 1.81. The molecule has 2 heterocycles. The van der Waals surface area contributed by atoms with E-state index in [-0.39, 0.29) is 17.5 Å². The molecule has 6 nitrogen and oxygen atoms in total. The van der Waals surface area contributed by atoms with Crippen LogP contribution in [-0.2, 0) is 6.42 Å². The van der Waals surface area contributed by atoms with Crippen molar-refractivity contribution in [2.24, 2.45) is 0 Å². The SMILES string of the molecule is Cc1ccccc1OCC1Cc2c(nc(N)c(C#N)c2N)O1. The van der Waals surface area contributed by atoms with Crippen LogP contribution in [-0.4, -0.2) is 17.7 Å². The molecule has 0 saturated heterocycles. The second-order valence-corrected chi connectivity index (χ2v) is 5.20. The van der Waals surface area contributed by atoms with Crippen molar-refractivity contribution in [1.82, 2.24) is 4.98 Å². The number of para-hydroxylation sites is 1. The molecular weight excluding hydrogens is 280 g/mol. The maximum absolute atomic E-state index is 9.06. The lowest BCUT2D eigenvalue weighted by atomic mass is 10.1. The number of hydrogen-bond donors (Lipinski definition) is 2. The number of nitrogen functional groups attached to an aromatic ring is 2. The standard InChI is InChI=1S/C16H16N4O2/c1-9-4-2-3-5-13(9)21-8-10-6-11-14(18)12(7-17)15(19)20-16(11)22-10/h2-5,10H,6,8H2,1H3,(H4,18,19,20). The van der Waals surface area contributed by atoms with Crippen LogP contribution in [0.25, 0.3) is 0 Å². The average molecular weight is 296 g/mol. The molecule has 112 valence electrons. The molecule has 1 unspecified atom stereocenters. The minimum absolute atomic E-state index is 0.0965. The van der Waals surface area contributed by atoms with Crippen LogP contribution in [0.15, 0.2) is 24.3 Å². The van der Waals surface area contributed by atoms with Crippen molar-refractivity contribution in [2.75, 3.05) is 18.1 Å². The van der Waals surface area contributed by atoms with E-state index in [1.807, 2.05) is 37.3 Å². The maximum Gasteiger partial charge on any atom is 0.221 e. The molecule has 1 aromatic heterocycles. The molecule has 3 rings (SSSR count). The number of benzene rings is 1. The molecule has 1 aliphatic rings. The third-order valence-electron chi connectivity index (χ3n) is 3.67. The number of ether oxygens (including phenoxy) is 2. The van der Waals surface area contributed by atoms with Crippen molar-refractivity contribution >= 4 is 11.5 Å². The highest BCUT2D eigenvalue weighted by Gasteiger charge is 2.29. The van der Waals surface area contributed by atoms with Crippen molar-refractivity contribution in [3.8, 4) is 17.7 Å². The number of aryl methyl sites for hydroxylation is 1. The summed E-state index contributed by atoms with van der Waals surface area (Å²) in [6.45, 7) is 2.36. The normalized spacial score (nSPS) is 15.7. The van der Waals surface area contributed by atoms with Gasteiger partial charge in [0, 0.05) is 12.0 Å². The van der Waals surface area contributed by atoms with Gasteiger partial charge in [0.05, 0.1) is 5.69 Å². The first kappa shape index (κ1) is 14.0. The Morgan fingerprint density at radius 3 is 2.91 bits per heavy atom. The Kier molecular flexibility index (Phi) is 3.47. The number of nitrogens with two attached hydrogens (primary N) is 2. The first-order valence-electron chi connectivity index (χ1n) is 6.93. The van der Waals surface area contributed by atoms with E-state index >= 15 is 0 Å². The number of anilines is 2. The summed E-state index contributed by atoms with van der Waals surface area (Å²) in [6.07, 6.45) is 0.354. The van der Waals surface area contributed by atoms with Gasteiger partial charge < -0.3 is 20.9 Å². The predicted molar refractivity (Wildman–Crippen MR) is 82.6 cm³/mol. The van der Waals surface area contributed by atoms with Gasteiger partial charge in [0.2, 0.25) is 5.88 Å². The lowest BCUT2D eigenvalue weighted by molar-refractivity contribution is 0.144. The summed E-state index contributed by atoms with van der Waals surface area (Å²) in [5, 5.41) is 9.06. The Morgan fingerprint density at radius 1 is 1.41 bits per heavy atom. The molecular formula is C16H16N4O2. The van der Waals surface area contributed by atoms with Gasteiger partial charge in [0.25, 0.3) is 0 Å². The third-order valence-corrected chi connectivity index (χ3v) is 3.67. The molecule has 22 heavy (non-hydrogen) atoms. The molecule has 6 heteroatoms. The Bertz CT molecular complexity index is 767. The molecule has 1 atom stereocenters. The number of aromatic nitrogens is 1. The molecule has 0 fully saturated rings. The first-order chi connectivity index (χ1) is 10.6. The van der Waals surface area contributed by atoms with Crippen molar-refractivity contribution in [3.05, 3.63) is 41.0 Å². The van der Waals surface area contributed by atoms with Gasteiger partial charge >= 0.3 is 0 Å². The van der Waals surface area contributed by atoms with Gasteiger partial charge in [-0.3, -0.25) is 0 Å². The van der Waals surface area contributed by atoms with Crippen molar-refractivity contribution in [1.29, 1.82) is 5.26 Å². The van der Waals surface area contributed by atoms with Crippen molar-refractivity contribution < 1.29 is 9.47 Å². The molecule has 0 amide bonds. The van der Waals surface area contributed by atoms with Crippen molar-refractivity contribution in [3.63, 3.8) is 0 Å². The summed E-state index contributed by atoms with van der Waals surface area (Å²) < 4.78 is 11.5. The lowest BCUT2D eigenvalue weighted by Crippen LogP contribution is -2.22. The summed E-state index contributed by atoms with van der Waals surface area (Å²) in [7, 11) is 0. The molecule has 0 bridgehead atoms. The number of nitriles is 1. The quantitative estimate of drug-likeness (QED) is 0.894. The summed E-state index contributed by atoms with van der Waals surface area (Å²) >= 11 is 0. The topological polar surface area (TPSA) is 107 Å². The number of fused-ring (bicyclic) bond motifs is 1. The number of pyridine rings is 1. The minimum Gasteiger partial charge on any atom is -0.489 e. The number of nitrogens with zero attached hydrogens (tertiary/aromatic N) is 2. The fourth-order valence-corrected chi connectivity index (χ4v) is 2.47. The van der Waals surface area contributed by atoms with E-state index in [0.717, 1.165) is 16.9 Å². The highest BCUT2D eigenvalue weighted by Crippen LogP contribution is 2.35. The van der Waals surface area contributed by atoms with Gasteiger partial charge in [-0.1, -0.05) is 18.2 Å². The Morgan fingerprint density at radius 2 is 2.18 bits per heavy atom. The monoisotopic (exact) mass is 296 g/mol. The number of hydrogen-bond acceptors (Lipinski definition) is 6. The van der Waals surface area contributed by atoms with Crippen LogP contribution in [0.5, 0.6) is 11.6 Å². The Balaban J connectivity index is 1.74. The van der Waals surface area contributed by atoms with Gasteiger partial charge in [-0.2, -0.15) is 10.2 Å². The zero-order valence-corrected chi connectivity index (χ0v) is 12.2. The first-order valence-corrected chi connectivity index (χ1v) is 6.93. The van der Waals surface area contributed by atoms with Gasteiger partial charge in [0.1, 0.15) is 35.9 Å². The van der Waals surface area contributed by atoms with Gasteiger partial charge in [-0.25, -0.2) is 0 Å². The summed E-state index contributed by atoms with van der Waals surface area (Å²) in [5.74, 6) is 1.31. The molecule has 0 aliphatic carbocycles. The molecule has 0 radical (unpaired) electrons. The van der Waals surface area contributed by atoms with E-state index in [1.165, 1.54) is 0 Å². The second kappa shape index (κ2) is 5.45. The van der Waals surface area contributed by atoms with Gasteiger partial charge in [-0.05, 0) is 18.6 Å². The summed E-state index contributed by atoms with van der Waals surface area (Å²) in [5.41, 5.74) is 14.0.